The lowest BCUT2D eigenvalue weighted by Gasteiger charge is -2.18. The van der Waals surface area contributed by atoms with Gasteiger partial charge in [-0.05, 0) is 47.0 Å². The molecule has 1 aliphatic heterocycles. The van der Waals surface area contributed by atoms with E-state index in [0.717, 1.165) is 34.9 Å². The summed E-state index contributed by atoms with van der Waals surface area (Å²) in [5.74, 6) is -3.65. The second-order valence-corrected chi connectivity index (χ2v) is 6.82. The number of hydrogen-bond donors (Lipinski definition) is 0. The number of rotatable bonds is 4. The number of nitrogens with zero attached hydrogens (tertiary/aromatic N) is 2. The van der Waals surface area contributed by atoms with Crippen molar-refractivity contribution in [2.24, 2.45) is 0 Å². The molecular weight excluding hydrogens is 376 g/mol. The van der Waals surface area contributed by atoms with Crippen LogP contribution in [0.2, 0.25) is 0 Å². The lowest BCUT2D eigenvalue weighted by atomic mass is 10.1. The van der Waals surface area contributed by atoms with Gasteiger partial charge in [-0.1, -0.05) is 30.0 Å². The Morgan fingerprint density at radius 1 is 1.15 bits per heavy atom. The van der Waals surface area contributed by atoms with Crippen molar-refractivity contribution in [2.45, 2.75) is 0 Å². The normalized spacial score (nSPS) is 15.5. The van der Waals surface area contributed by atoms with Gasteiger partial charge in [-0.3, -0.25) is 14.7 Å². The van der Waals surface area contributed by atoms with Gasteiger partial charge in [-0.15, -0.1) is 0 Å². The molecule has 0 atom stereocenters. The molecule has 0 N–H and O–H groups in total. The van der Waals surface area contributed by atoms with Gasteiger partial charge < -0.3 is 19.8 Å². The van der Waals surface area contributed by atoms with Crippen molar-refractivity contribution in [3.63, 3.8) is 0 Å². The molecular formula is C17H8N2O5S2-2. The Morgan fingerprint density at radius 2 is 1.81 bits per heavy atom. The fourth-order valence-electron chi connectivity index (χ4n) is 2.28. The molecule has 7 nitrogen and oxygen atoms in total. The van der Waals surface area contributed by atoms with Crippen molar-refractivity contribution in [1.82, 2.24) is 4.98 Å². The molecule has 1 aliphatic rings. The largest absolute Gasteiger partial charge is 0.545 e. The summed E-state index contributed by atoms with van der Waals surface area (Å²) in [5.41, 5.74) is -0.0890. The second-order valence-electron chi connectivity index (χ2n) is 5.15. The monoisotopic (exact) mass is 384 g/mol. The van der Waals surface area contributed by atoms with Crippen LogP contribution < -0.4 is 15.1 Å². The highest BCUT2D eigenvalue weighted by atomic mass is 32.2. The van der Waals surface area contributed by atoms with Crippen LogP contribution in [-0.4, -0.2) is 27.2 Å². The Morgan fingerprint density at radius 3 is 2.35 bits per heavy atom. The molecule has 0 bridgehead atoms. The van der Waals surface area contributed by atoms with Crippen molar-refractivity contribution >= 4 is 57.9 Å². The number of pyridine rings is 1. The fraction of sp³-hybridized carbons (Fsp3) is 0. The Balaban J connectivity index is 2.03. The number of carbonyl (C=O) groups is 3. The van der Waals surface area contributed by atoms with Crippen LogP contribution in [0.3, 0.4) is 0 Å². The van der Waals surface area contributed by atoms with Crippen LogP contribution in [0.15, 0.2) is 47.6 Å². The minimum Gasteiger partial charge on any atom is -0.545 e. The van der Waals surface area contributed by atoms with Crippen LogP contribution in [0.4, 0.5) is 5.69 Å². The number of hydrogen-bond acceptors (Lipinski definition) is 8. The zero-order chi connectivity index (χ0) is 18.8. The minimum atomic E-state index is -1.58. The van der Waals surface area contributed by atoms with Crippen LogP contribution in [0.25, 0.3) is 6.08 Å². The molecule has 2 aromatic rings. The molecule has 9 heteroatoms. The van der Waals surface area contributed by atoms with E-state index in [1.165, 1.54) is 0 Å². The Hall–Kier alpha value is -3.04. The predicted octanol–water partition coefficient (Wildman–Crippen LogP) is 0.214. The first-order valence-corrected chi connectivity index (χ1v) is 8.35. The molecule has 130 valence electrons. The van der Waals surface area contributed by atoms with Gasteiger partial charge in [-0.25, -0.2) is 0 Å². The van der Waals surface area contributed by atoms with Crippen LogP contribution in [-0.2, 0) is 4.79 Å². The highest BCUT2D eigenvalue weighted by Gasteiger charge is 2.33. The van der Waals surface area contributed by atoms with Crippen LogP contribution in [0.5, 0.6) is 0 Å². The lowest BCUT2D eigenvalue weighted by molar-refractivity contribution is -0.255. The van der Waals surface area contributed by atoms with Gasteiger partial charge in [0.2, 0.25) is 0 Å². The highest BCUT2D eigenvalue weighted by molar-refractivity contribution is 8.27. The van der Waals surface area contributed by atoms with E-state index in [-0.39, 0.29) is 10.0 Å². The Labute approximate surface area is 157 Å². The summed E-state index contributed by atoms with van der Waals surface area (Å²) in [5, 5.41) is 22.3. The third-order valence-corrected chi connectivity index (χ3v) is 4.73. The van der Waals surface area contributed by atoms with E-state index in [9.17, 15) is 24.6 Å². The first-order valence-electron chi connectivity index (χ1n) is 7.12. The predicted molar refractivity (Wildman–Crippen MR) is 95.0 cm³/mol. The summed E-state index contributed by atoms with van der Waals surface area (Å²) < 4.78 is 0.143. The molecule has 1 saturated heterocycles. The molecule has 26 heavy (non-hydrogen) atoms. The smallest absolute Gasteiger partial charge is 0.270 e. The fourth-order valence-corrected chi connectivity index (χ4v) is 3.58. The summed E-state index contributed by atoms with van der Waals surface area (Å²) in [6, 6.07) is 6.61. The quantitative estimate of drug-likeness (QED) is 0.543. The maximum atomic E-state index is 12.7. The van der Waals surface area contributed by atoms with Gasteiger partial charge in [0.1, 0.15) is 0 Å². The number of aromatic nitrogens is 1. The number of carboxylic acids is 2. The summed E-state index contributed by atoms with van der Waals surface area (Å²) in [6.07, 6.45) is 4.75. The van der Waals surface area contributed by atoms with Gasteiger partial charge in [-0.2, -0.15) is 0 Å². The number of carboxylic acid groups (broad SMARTS) is 2. The third kappa shape index (κ3) is 3.48. The number of thiocarbonyl (C=S) groups is 1. The van der Waals surface area contributed by atoms with Gasteiger partial charge in [0, 0.05) is 12.4 Å². The van der Waals surface area contributed by atoms with E-state index in [1.807, 2.05) is 0 Å². The van der Waals surface area contributed by atoms with Crippen molar-refractivity contribution in [1.29, 1.82) is 0 Å². The minimum absolute atomic E-state index is 0.0167. The number of carbonyl (C=O) groups excluding carboxylic acids is 3. The lowest BCUT2D eigenvalue weighted by Crippen LogP contribution is -2.30. The van der Waals surface area contributed by atoms with Crippen LogP contribution >= 0.6 is 24.0 Å². The number of thioether (sulfide) groups is 1. The zero-order valence-electron chi connectivity index (χ0n) is 12.9. The van der Waals surface area contributed by atoms with Gasteiger partial charge >= 0.3 is 0 Å². The molecule has 1 fully saturated rings. The van der Waals surface area contributed by atoms with E-state index in [2.05, 4.69) is 4.98 Å². The van der Waals surface area contributed by atoms with E-state index < -0.39 is 29.0 Å². The number of aromatic carboxylic acids is 2. The number of benzene rings is 1. The molecule has 0 spiro atoms. The number of amides is 1. The van der Waals surface area contributed by atoms with Crippen LogP contribution in [0, 0.1) is 0 Å². The first kappa shape index (κ1) is 17.8. The van der Waals surface area contributed by atoms with Gasteiger partial charge in [0.15, 0.2) is 4.32 Å². The Kier molecular flexibility index (Phi) is 4.83. The molecule has 0 radical (unpaired) electrons. The molecule has 2 heterocycles. The Bertz CT molecular complexity index is 940. The van der Waals surface area contributed by atoms with Crippen molar-refractivity contribution in [3.8, 4) is 0 Å². The van der Waals surface area contributed by atoms with Crippen molar-refractivity contribution < 1.29 is 24.6 Å². The molecule has 3 rings (SSSR count). The molecule has 0 unspecified atom stereocenters. The molecule has 1 amide bonds. The maximum Gasteiger partial charge on any atom is 0.270 e. The summed E-state index contributed by atoms with van der Waals surface area (Å²) in [7, 11) is 0. The summed E-state index contributed by atoms with van der Waals surface area (Å²) in [4.78, 5) is 40.3. The average Bonchev–Trinajstić information content (AvgIpc) is 2.89. The third-order valence-electron chi connectivity index (χ3n) is 3.42. The maximum absolute atomic E-state index is 12.7. The molecule has 1 aromatic carbocycles. The average molecular weight is 384 g/mol. The van der Waals surface area contributed by atoms with Crippen molar-refractivity contribution in [3.05, 3.63) is 64.3 Å². The zero-order valence-corrected chi connectivity index (χ0v) is 14.5. The molecule has 0 saturated carbocycles. The van der Waals surface area contributed by atoms with E-state index >= 15 is 0 Å². The standard InChI is InChI=1S/C17H10N2O5S2/c20-14-13(4-9-2-1-3-18-8-9)26-17(25)19(14)12-6-10(15(21)22)5-11(7-12)16(23)24/h1-8H,(H,21,22)(H,23,24)/p-2/b13-4+. The van der Waals surface area contributed by atoms with Crippen molar-refractivity contribution in [2.75, 3.05) is 4.90 Å². The van der Waals surface area contributed by atoms with Gasteiger partial charge in [0.25, 0.3) is 5.91 Å². The molecule has 1 aromatic heterocycles. The topological polar surface area (TPSA) is 113 Å². The van der Waals surface area contributed by atoms with E-state index in [0.29, 0.717) is 10.5 Å². The van der Waals surface area contributed by atoms with Crippen LogP contribution in [0.1, 0.15) is 26.3 Å². The number of anilines is 1. The first-order chi connectivity index (χ1) is 12.4. The van der Waals surface area contributed by atoms with E-state index in [4.69, 9.17) is 12.2 Å². The SMILES string of the molecule is O=C([O-])c1cc(C(=O)[O-])cc(N2C(=O)/C(=C\c3cccnc3)SC2=S)c1. The van der Waals surface area contributed by atoms with E-state index in [1.54, 1.807) is 30.6 Å². The molecule has 0 aliphatic carbocycles. The second kappa shape index (κ2) is 7.06. The highest BCUT2D eigenvalue weighted by Crippen LogP contribution is 2.36. The summed E-state index contributed by atoms with van der Waals surface area (Å²) in [6.45, 7) is 0. The summed E-state index contributed by atoms with van der Waals surface area (Å²) >= 11 is 6.21. The van der Waals surface area contributed by atoms with Gasteiger partial charge in [0.05, 0.1) is 22.5 Å².